The Morgan fingerprint density at radius 3 is 2.38 bits per heavy atom. The molecular formula is C26H38F2N2O3S. The molecular weight excluding hydrogens is 458 g/mol. The van der Waals surface area contributed by atoms with Crippen molar-refractivity contribution in [2.75, 3.05) is 31.5 Å². The summed E-state index contributed by atoms with van der Waals surface area (Å²) in [6.45, 7) is 5.32. The predicted octanol–water partition coefficient (Wildman–Crippen LogP) is 5.17. The van der Waals surface area contributed by atoms with E-state index >= 15 is 0 Å². The quantitative estimate of drug-likeness (QED) is 0.485. The highest BCUT2D eigenvalue weighted by atomic mass is 32.2. The van der Waals surface area contributed by atoms with E-state index in [1.165, 1.54) is 5.56 Å². The second-order valence-corrected chi connectivity index (χ2v) is 13.1. The largest absolute Gasteiger partial charge is 0.378 e. The zero-order valence-electron chi connectivity index (χ0n) is 20.4. The number of nitrogens with one attached hydrogen (secondary N) is 1. The molecule has 1 N–H and O–H groups in total. The van der Waals surface area contributed by atoms with Crippen LogP contribution in [0.3, 0.4) is 0 Å². The van der Waals surface area contributed by atoms with Gasteiger partial charge in [0.05, 0.1) is 10.9 Å². The van der Waals surface area contributed by atoms with Crippen LogP contribution < -0.4 is 4.72 Å². The van der Waals surface area contributed by atoms with Gasteiger partial charge in [-0.3, -0.25) is 4.72 Å². The third-order valence-electron chi connectivity index (χ3n) is 9.25. The van der Waals surface area contributed by atoms with Crippen molar-refractivity contribution in [2.24, 2.45) is 11.8 Å². The highest BCUT2D eigenvalue weighted by Gasteiger charge is 2.67. The summed E-state index contributed by atoms with van der Waals surface area (Å²) in [5.74, 6) is -1.34. The molecule has 0 spiro atoms. The first kappa shape index (κ1) is 24.4. The molecule has 190 valence electrons. The summed E-state index contributed by atoms with van der Waals surface area (Å²) in [4.78, 5) is 2.52. The lowest BCUT2D eigenvalue weighted by Crippen LogP contribution is -2.41. The molecule has 0 amide bonds. The minimum absolute atomic E-state index is 0.0659. The van der Waals surface area contributed by atoms with Gasteiger partial charge in [-0.1, -0.05) is 19.1 Å². The van der Waals surface area contributed by atoms with Gasteiger partial charge in [0.2, 0.25) is 15.9 Å². The van der Waals surface area contributed by atoms with Crippen molar-refractivity contribution < 1.29 is 21.9 Å². The van der Waals surface area contributed by atoms with E-state index in [2.05, 4.69) is 22.6 Å². The number of likely N-dealkylation sites (tertiary alicyclic amines) is 1. The lowest BCUT2D eigenvalue weighted by molar-refractivity contribution is -0.122. The first-order valence-electron chi connectivity index (χ1n) is 12.9. The molecule has 8 heteroatoms. The minimum Gasteiger partial charge on any atom is -0.378 e. The fourth-order valence-corrected chi connectivity index (χ4v) is 8.28. The molecule has 1 heterocycles. The predicted molar refractivity (Wildman–Crippen MR) is 130 cm³/mol. The van der Waals surface area contributed by atoms with Gasteiger partial charge in [-0.2, -0.15) is 0 Å². The van der Waals surface area contributed by atoms with Crippen LogP contribution in [0, 0.1) is 11.8 Å². The van der Waals surface area contributed by atoms with Gasteiger partial charge in [0, 0.05) is 44.1 Å². The number of ether oxygens (including phenoxy) is 1. The Hall–Kier alpha value is -1.25. The van der Waals surface area contributed by atoms with E-state index in [0.717, 1.165) is 51.7 Å². The van der Waals surface area contributed by atoms with Crippen LogP contribution in [0.1, 0.15) is 70.3 Å². The molecule has 3 aliphatic carbocycles. The van der Waals surface area contributed by atoms with Crippen LogP contribution in [0.25, 0.3) is 0 Å². The first-order valence-corrected chi connectivity index (χ1v) is 14.5. The number of piperidine rings is 1. The third kappa shape index (κ3) is 4.50. The molecule has 0 radical (unpaired) electrons. The standard InChI is InChI=1S/C26H38F2N2O3S/c1-3-26(19-6-4-7-20(16-19)29-34(31,32)21-8-9-21)22-17-30(18-23(22)26)15-5-10-24(33-2)11-13-25(27,28)14-12-24/h4,6-7,16,21-23,29H,3,5,8-15,17-18H2,1-2H3/t22-,23+,26?. The van der Waals surface area contributed by atoms with Crippen LogP contribution in [0.15, 0.2) is 24.3 Å². The van der Waals surface area contributed by atoms with Crippen molar-refractivity contribution in [1.82, 2.24) is 4.90 Å². The van der Waals surface area contributed by atoms with Crippen LogP contribution in [-0.2, 0) is 20.2 Å². The van der Waals surface area contributed by atoms with E-state index < -0.39 is 15.9 Å². The van der Waals surface area contributed by atoms with Crippen molar-refractivity contribution in [3.63, 3.8) is 0 Å². The molecule has 3 saturated carbocycles. The van der Waals surface area contributed by atoms with Crippen molar-refractivity contribution in [1.29, 1.82) is 0 Å². The number of anilines is 1. The van der Waals surface area contributed by atoms with Crippen molar-refractivity contribution >= 4 is 15.7 Å². The Labute approximate surface area is 202 Å². The van der Waals surface area contributed by atoms with Gasteiger partial charge in [0.1, 0.15) is 0 Å². The number of fused-ring (bicyclic) bond motifs is 1. The molecule has 4 fully saturated rings. The Morgan fingerprint density at radius 1 is 1.12 bits per heavy atom. The molecule has 1 aliphatic heterocycles. The maximum absolute atomic E-state index is 13.6. The van der Waals surface area contributed by atoms with E-state index in [9.17, 15) is 17.2 Å². The highest BCUT2D eigenvalue weighted by Crippen LogP contribution is 2.65. The molecule has 5 nitrogen and oxygen atoms in total. The van der Waals surface area contributed by atoms with Gasteiger partial charge in [0.15, 0.2) is 0 Å². The number of nitrogens with zero attached hydrogens (tertiary/aromatic N) is 1. The molecule has 34 heavy (non-hydrogen) atoms. The van der Waals surface area contributed by atoms with Gasteiger partial charge in [-0.15, -0.1) is 0 Å². The lowest BCUT2D eigenvalue weighted by atomic mass is 9.79. The zero-order valence-corrected chi connectivity index (χ0v) is 21.2. The van der Waals surface area contributed by atoms with E-state index in [-0.39, 0.29) is 29.1 Å². The highest BCUT2D eigenvalue weighted by molar-refractivity contribution is 7.93. The van der Waals surface area contributed by atoms with Gasteiger partial charge in [-0.05, 0) is 81.0 Å². The molecule has 0 aromatic heterocycles. The molecule has 1 unspecified atom stereocenters. The summed E-state index contributed by atoms with van der Waals surface area (Å²) in [5.41, 5.74) is 1.69. The molecule has 5 rings (SSSR count). The number of hydrogen-bond donors (Lipinski definition) is 1. The normalized spacial score (nSPS) is 32.4. The molecule has 1 saturated heterocycles. The second-order valence-electron chi connectivity index (χ2n) is 11.1. The van der Waals surface area contributed by atoms with Gasteiger partial charge in [-0.25, -0.2) is 17.2 Å². The summed E-state index contributed by atoms with van der Waals surface area (Å²) in [5, 5.41) is -0.229. The van der Waals surface area contributed by atoms with Gasteiger partial charge in [0.25, 0.3) is 0 Å². The summed E-state index contributed by atoms with van der Waals surface area (Å²) in [6, 6.07) is 8.03. The summed E-state index contributed by atoms with van der Waals surface area (Å²) in [6.07, 6.45) is 5.13. The molecule has 3 atom stereocenters. The number of benzene rings is 1. The van der Waals surface area contributed by atoms with E-state index in [1.54, 1.807) is 7.11 Å². The number of sulfonamides is 1. The Balaban J connectivity index is 1.16. The number of alkyl halides is 2. The van der Waals surface area contributed by atoms with Crippen LogP contribution in [0.5, 0.6) is 0 Å². The minimum atomic E-state index is -3.26. The summed E-state index contributed by atoms with van der Waals surface area (Å²) < 4.78 is 60.5. The molecule has 1 aromatic rings. The molecule has 0 bridgehead atoms. The Bertz CT molecular complexity index is 989. The van der Waals surface area contributed by atoms with Crippen LogP contribution >= 0.6 is 0 Å². The van der Waals surface area contributed by atoms with Crippen LogP contribution in [0.2, 0.25) is 0 Å². The lowest BCUT2D eigenvalue weighted by Gasteiger charge is -2.39. The van der Waals surface area contributed by atoms with Crippen molar-refractivity contribution in [3.8, 4) is 0 Å². The van der Waals surface area contributed by atoms with Crippen molar-refractivity contribution in [3.05, 3.63) is 29.8 Å². The molecule has 1 aromatic carbocycles. The van der Waals surface area contributed by atoms with Gasteiger partial charge < -0.3 is 9.64 Å². The third-order valence-corrected chi connectivity index (χ3v) is 11.1. The summed E-state index contributed by atoms with van der Waals surface area (Å²) >= 11 is 0. The average molecular weight is 497 g/mol. The average Bonchev–Trinajstić information content (AvgIpc) is 3.71. The fraction of sp³-hybridized carbons (Fsp3) is 0.769. The van der Waals surface area contributed by atoms with Gasteiger partial charge >= 0.3 is 0 Å². The maximum Gasteiger partial charge on any atom is 0.248 e. The van der Waals surface area contributed by atoms with Crippen molar-refractivity contribution in [2.45, 2.75) is 86.9 Å². The zero-order chi connectivity index (χ0) is 24.2. The Morgan fingerprint density at radius 2 is 1.79 bits per heavy atom. The van der Waals surface area contributed by atoms with E-state index in [4.69, 9.17) is 4.74 Å². The van der Waals surface area contributed by atoms with E-state index in [0.29, 0.717) is 30.4 Å². The maximum atomic E-state index is 13.6. The summed E-state index contributed by atoms with van der Waals surface area (Å²) in [7, 11) is -1.59. The number of rotatable bonds is 10. The number of hydrogen-bond acceptors (Lipinski definition) is 4. The smallest absolute Gasteiger partial charge is 0.248 e. The fourth-order valence-electron chi connectivity index (χ4n) is 6.91. The molecule has 4 aliphatic rings. The monoisotopic (exact) mass is 496 g/mol. The second kappa shape index (κ2) is 8.70. The SMILES string of the molecule is CCC1(c2cccc(NS(=O)(=O)C3CC3)c2)[C@@H]2CN(CCCC3(OC)CCC(F)(F)CC3)C[C@@H]21. The van der Waals surface area contributed by atoms with E-state index in [1.807, 2.05) is 18.2 Å². The van der Waals surface area contributed by atoms with Crippen LogP contribution in [-0.4, -0.2) is 56.8 Å². The Kier molecular flexibility index (Phi) is 6.25. The topological polar surface area (TPSA) is 58.6 Å². The van der Waals surface area contributed by atoms with Crippen LogP contribution in [0.4, 0.5) is 14.5 Å². The first-order chi connectivity index (χ1) is 16.1. The number of halogens is 2. The number of methoxy groups -OCH3 is 1.